The second-order valence-corrected chi connectivity index (χ2v) is 4.86. The molecule has 0 radical (unpaired) electrons. The second-order valence-electron chi connectivity index (χ2n) is 3.76. The highest BCUT2D eigenvalue weighted by molar-refractivity contribution is 7.15. The lowest BCUT2D eigenvalue weighted by molar-refractivity contribution is 0.191. The number of hydrogen-bond acceptors (Lipinski definition) is 5. The third kappa shape index (κ3) is 4.08. The fourth-order valence-electron chi connectivity index (χ4n) is 1.42. The zero-order valence-corrected chi connectivity index (χ0v) is 11.0. The SMILES string of the molecule is CCN(CC)c1ncc(CNCC(C)O)s1. The van der Waals surface area contributed by atoms with E-state index in [-0.39, 0.29) is 6.10 Å². The Morgan fingerprint density at radius 2 is 2.19 bits per heavy atom. The summed E-state index contributed by atoms with van der Waals surface area (Å²) >= 11 is 1.71. The predicted molar refractivity (Wildman–Crippen MR) is 69.1 cm³/mol. The van der Waals surface area contributed by atoms with E-state index in [0.29, 0.717) is 6.54 Å². The van der Waals surface area contributed by atoms with Gasteiger partial charge in [-0.25, -0.2) is 4.98 Å². The Kier molecular flexibility index (Phi) is 5.73. The molecule has 1 atom stereocenters. The van der Waals surface area contributed by atoms with Gasteiger partial charge in [0, 0.05) is 37.3 Å². The lowest BCUT2D eigenvalue weighted by Crippen LogP contribution is -2.23. The summed E-state index contributed by atoms with van der Waals surface area (Å²) in [7, 11) is 0. The largest absolute Gasteiger partial charge is 0.392 e. The maximum absolute atomic E-state index is 9.12. The molecular weight excluding hydrogens is 222 g/mol. The molecule has 0 aliphatic rings. The van der Waals surface area contributed by atoms with Crippen LogP contribution in [0.15, 0.2) is 6.20 Å². The predicted octanol–water partition coefficient (Wildman–Crippen LogP) is 1.46. The fourth-order valence-corrected chi connectivity index (χ4v) is 2.43. The molecule has 0 bridgehead atoms. The smallest absolute Gasteiger partial charge is 0.185 e. The summed E-state index contributed by atoms with van der Waals surface area (Å²) in [5.74, 6) is 0. The van der Waals surface area contributed by atoms with E-state index in [0.717, 1.165) is 24.8 Å². The van der Waals surface area contributed by atoms with Crippen LogP contribution >= 0.6 is 11.3 Å². The zero-order chi connectivity index (χ0) is 12.0. The summed E-state index contributed by atoms with van der Waals surface area (Å²) in [4.78, 5) is 7.85. The van der Waals surface area contributed by atoms with Gasteiger partial charge in [0.05, 0.1) is 6.10 Å². The molecule has 1 aromatic heterocycles. The average molecular weight is 243 g/mol. The molecule has 1 rings (SSSR count). The maximum Gasteiger partial charge on any atom is 0.185 e. The van der Waals surface area contributed by atoms with Gasteiger partial charge >= 0.3 is 0 Å². The van der Waals surface area contributed by atoms with E-state index in [1.807, 2.05) is 6.20 Å². The first-order valence-corrected chi connectivity index (χ1v) is 6.57. The van der Waals surface area contributed by atoms with E-state index in [1.54, 1.807) is 18.3 Å². The molecular formula is C11H21N3OS. The molecule has 0 aliphatic carbocycles. The molecule has 1 aromatic rings. The minimum absolute atomic E-state index is 0.296. The normalized spacial score (nSPS) is 12.8. The topological polar surface area (TPSA) is 48.4 Å². The average Bonchev–Trinajstić information content (AvgIpc) is 2.68. The number of nitrogens with one attached hydrogen (secondary N) is 1. The monoisotopic (exact) mass is 243 g/mol. The molecule has 5 heteroatoms. The van der Waals surface area contributed by atoms with Crippen LogP contribution in [0.2, 0.25) is 0 Å². The molecule has 1 unspecified atom stereocenters. The summed E-state index contributed by atoms with van der Waals surface area (Å²) in [5, 5.41) is 13.4. The van der Waals surface area contributed by atoms with E-state index in [2.05, 4.69) is 29.0 Å². The minimum Gasteiger partial charge on any atom is -0.392 e. The Hall–Kier alpha value is -0.650. The van der Waals surface area contributed by atoms with Gasteiger partial charge in [-0.05, 0) is 20.8 Å². The number of anilines is 1. The fraction of sp³-hybridized carbons (Fsp3) is 0.727. The molecule has 0 aromatic carbocycles. The van der Waals surface area contributed by atoms with Crippen molar-refractivity contribution in [2.45, 2.75) is 33.4 Å². The first-order chi connectivity index (χ1) is 7.67. The summed E-state index contributed by atoms with van der Waals surface area (Å²) in [6.07, 6.45) is 1.61. The summed E-state index contributed by atoms with van der Waals surface area (Å²) in [6, 6.07) is 0. The Balaban J connectivity index is 2.44. The van der Waals surface area contributed by atoms with E-state index in [4.69, 9.17) is 5.11 Å². The number of hydrogen-bond donors (Lipinski definition) is 2. The van der Waals surface area contributed by atoms with Gasteiger partial charge in [0.15, 0.2) is 5.13 Å². The Bertz CT molecular complexity index is 297. The van der Waals surface area contributed by atoms with Crippen molar-refractivity contribution in [3.63, 3.8) is 0 Å². The van der Waals surface area contributed by atoms with Gasteiger partial charge in [0.2, 0.25) is 0 Å². The maximum atomic E-state index is 9.12. The van der Waals surface area contributed by atoms with Gasteiger partial charge in [-0.15, -0.1) is 11.3 Å². The number of thiazole rings is 1. The van der Waals surface area contributed by atoms with Crippen molar-refractivity contribution in [3.8, 4) is 0 Å². The lowest BCUT2D eigenvalue weighted by Gasteiger charge is -2.16. The van der Waals surface area contributed by atoms with Crippen molar-refractivity contribution in [2.24, 2.45) is 0 Å². The van der Waals surface area contributed by atoms with Crippen LogP contribution in [0, 0.1) is 0 Å². The molecule has 2 N–H and O–H groups in total. The van der Waals surface area contributed by atoms with Crippen LogP contribution in [-0.2, 0) is 6.54 Å². The number of rotatable bonds is 7. The summed E-state index contributed by atoms with van der Waals surface area (Å²) < 4.78 is 0. The standard InChI is InChI=1S/C11H21N3OS/c1-4-14(5-2)11-13-8-10(16-11)7-12-6-9(3)15/h8-9,12,15H,4-7H2,1-3H3. The van der Waals surface area contributed by atoms with Gasteiger partial charge < -0.3 is 15.3 Å². The zero-order valence-electron chi connectivity index (χ0n) is 10.2. The number of aliphatic hydroxyl groups excluding tert-OH is 1. The number of nitrogens with zero attached hydrogens (tertiary/aromatic N) is 2. The molecule has 0 saturated carbocycles. The molecule has 92 valence electrons. The highest BCUT2D eigenvalue weighted by Gasteiger charge is 2.07. The van der Waals surface area contributed by atoms with E-state index < -0.39 is 0 Å². The molecule has 1 heterocycles. The number of aliphatic hydroxyl groups is 1. The van der Waals surface area contributed by atoms with Crippen molar-refractivity contribution in [3.05, 3.63) is 11.1 Å². The van der Waals surface area contributed by atoms with Crippen molar-refractivity contribution in [1.82, 2.24) is 10.3 Å². The van der Waals surface area contributed by atoms with E-state index in [1.165, 1.54) is 4.88 Å². The highest BCUT2D eigenvalue weighted by atomic mass is 32.1. The first-order valence-electron chi connectivity index (χ1n) is 5.75. The molecule has 0 aliphatic heterocycles. The molecule has 0 amide bonds. The summed E-state index contributed by atoms with van der Waals surface area (Å²) in [6.45, 7) is 9.44. The van der Waals surface area contributed by atoms with Crippen molar-refractivity contribution < 1.29 is 5.11 Å². The summed E-state index contributed by atoms with van der Waals surface area (Å²) in [5.41, 5.74) is 0. The van der Waals surface area contributed by atoms with Crippen molar-refractivity contribution in [2.75, 3.05) is 24.5 Å². The van der Waals surface area contributed by atoms with Crippen LogP contribution in [-0.4, -0.2) is 35.8 Å². The van der Waals surface area contributed by atoms with Gasteiger partial charge in [-0.2, -0.15) is 0 Å². The molecule has 16 heavy (non-hydrogen) atoms. The van der Waals surface area contributed by atoms with Crippen LogP contribution in [0.1, 0.15) is 25.6 Å². The van der Waals surface area contributed by atoms with Crippen molar-refractivity contribution >= 4 is 16.5 Å². The third-order valence-corrected chi connectivity index (χ3v) is 3.37. The van der Waals surface area contributed by atoms with Crippen LogP contribution in [0.25, 0.3) is 0 Å². The van der Waals surface area contributed by atoms with Crippen LogP contribution in [0.4, 0.5) is 5.13 Å². The molecule has 0 fully saturated rings. The van der Waals surface area contributed by atoms with E-state index in [9.17, 15) is 0 Å². The van der Waals surface area contributed by atoms with Gasteiger partial charge in [-0.3, -0.25) is 0 Å². The highest BCUT2D eigenvalue weighted by Crippen LogP contribution is 2.21. The minimum atomic E-state index is -0.296. The van der Waals surface area contributed by atoms with Crippen LogP contribution < -0.4 is 10.2 Å². The van der Waals surface area contributed by atoms with Crippen molar-refractivity contribution in [1.29, 1.82) is 0 Å². The van der Waals surface area contributed by atoms with Gasteiger partial charge in [0.1, 0.15) is 0 Å². The quantitative estimate of drug-likeness (QED) is 0.761. The third-order valence-electron chi connectivity index (χ3n) is 2.31. The first kappa shape index (κ1) is 13.4. The molecule has 0 spiro atoms. The number of aromatic nitrogens is 1. The van der Waals surface area contributed by atoms with Gasteiger partial charge in [0.25, 0.3) is 0 Å². The Labute approximate surface area is 101 Å². The molecule has 0 saturated heterocycles. The Morgan fingerprint density at radius 1 is 1.50 bits per heavy atom. The Morgan fingerprint density at radius 3 is 2.75 bits per heavy atom. The second kappa shape index (κ2) is 6.83. The van der Waals surface area contributed by atoms with Gasteiger partial charge in [-0.1, -0.05) is 0 Å². The molecule has 4 nitrogen and oxygen atoms in total. The van der Waals surface area contributed by atoms with Crippen LogP contribution in [0.3, 0.4) is 0 Å². The van der Waals surface area contributed by atoms with Crippen LogP contribution in [0.5, 0.6) is 0 Å². The lowest BCUT2D eigenvalue weighted by atomic mass is 10.4. The van der Waals surface area contributed by atoms with E-state index >= 15 is 0 Å².